The highest BCUT2D eigenvalue weighted by Crippen LogP contribution is 2.25. The molecule has 3 N–H and O–H groups in total. The molecule has 1 heterocycles. The van der Waals surface area contributed by atoms with Crippen LogP contribution in [0.2, 0.25) is 0 Å². The third-order valence-corrected chi connectivity index (χ3v) is 3.30. The average molecular weight is 264 g/mol. The van der Waals surface area contributed by atoms with Gasteiger partial charge in [0.15, 0.2) is 0 Å². The Morgan fingerprint density at radius 2 is 2.33 bits per heavy atom. The molecule has 0 bridgehead atoms. The summed E-state index contributed by atoms with van der Waals surface area (Å²) in [6.07, 6.45) is 0. The van der Waals surface area contributed by atoms with Gasteiger partial charge in [0.2, 0.25) is 0 Å². The number of nitrogens with one attached hydrogen (secondary N) is 1. The summed E-state index contributed by atoms with van der Waals surface area (Å²) in [4.78, 5) is 14.4. The highest BCUT2D eigenvalue weighted by Gasteiger charge is 2.10. The lowest BCUT2D eigenvalue weighted by molar-refractivity contribution is -0.383. The van der Waals surface area contributed by atoms with Crippen molar-refractivity contribution in [3.8, 4) is 0 Å². The van der Waals surface area contributed by atoms with Crippen molar-refractivity contribution in [1.29, 1.82) is 0 Å². The van der Waals surface area contributed by atoms with Gasteiger partial charge in [-0.1, -0.05) is 0 Å². The topological polar surface area (TPSA) is 94.1 Å². The van der Waals surface area contributed by atoms with Crippen molar-refractivity contribution >= 4 is 28.4 Å². The van der Waals surface area contributed by atoms with Gasteiger partial charge in [0.1, 0.15) is 10.7 Å². The minimum Gasteiger partial charge on any atom is -0.393 e. The molecule has 0 amide bonds. The third-order valence-electron chi connectivity index (χ3n) is 2.33. The lowest BCUT2D eigenvalue weighted by Gasteiger charge is -2.05. The van der Waals surface area contributed by atoms with Crippen LogP contribution in [0.4, 0.5) is 17.1 Å². The second kappa shape index (κ2) is 5.01. The number of hydrogen-bond acceptors (Lipinski definition) is 6. The SMILES string of the molecule is Cc1csc(CNc2ccc([N+](=O)[O-])c(N)c2)n1. The first-order chi connectivity index (χ1) is 8.56. The monoisotopic (exact) mass is 264 g/mol. The number of aryl methyl sites for hydroxylation is 1. The lowest BCUT2D eigenvalue weighted by Crippen LogP contribution is -2.01. The molecule has 0 aliphatic rings. The highest BCUT2D eigenvalue weighted by atomic mass is 32.1. The van der Waals surface area contributed by atoms with Crippen molar-refractivity contribution in [2.45, 2.75) is 13.5 Å². The molecule has 1 aromatic carbocycles. The molecule has 0 aliphatic heterocycles. The fraction of sp³-hybridized carbons (Fsp3) is 0.182. The highest BCUT2D eigenvalue weighted by molar-refractivity contribution is 7.09. The zero-order valence-electron chi connectivity index (χ0n) is 9.71. The minimum absolute atomic E-state index is 0.0781. The van der Waals surface area contributed by atoms with E-state index in [1.807, 2.05) is 12.3 Å². The number of nitrogen functional groups attached to an aromatic ring is 1. The van der Waals surface area contributed by atoms with E-state index in [-0.39, 0.29) is 11.4 Å². The number of anilines is 2. The van der Waals surface area contributed by atoms with Gasteiger partial charge in [-0.15, -0.1) is 11.3 Å². The van der Waals surface area contributed by atoms with Gasteiger partial charge in [-0.05, 0) is 19.1 Å². The average Bonchev–Trinajstić information content (AvgIpc) is 2.72. The van der Waals surface area contributed by atoms with Crippen LogP contribution in [-0.4, -0.2) is 9.91 Å². The Morgan fingerprint density at radius 1 is 1.56 bits per heavy atom. The van der Waals surface area contributed by atoms with E-state index in [2.05, 4.69) is 10.3 Å². The Morgan fingerprint density at radius 3 is 2.89 bits per heavy atom. The predicted octanol–water partition coefficient (Wildman–Crippen LogP) is 2.55. The van der Waals surface area contributed by atoms with E-state index >= 15 is 0 Å². The smallest absolute Gasteiger partial charge is 0.292 e. The number of thiazole rings is 1. The van der Waals surface area contributed by atoms with Crippen LogP contribution in [0, 0.1) is 17.0 Å². The summed E-state index contributed by atoms with van der Waals surface area (Å²) in [5.74, 6) is 0. The molecule has 2 rings (SSSR count). The quantitative estimate of drug-likeness (QED) is 0.502. The van der Waals surface area contributed by atoms with Crippen molar-refractivity contribution in [3.05, 3.63) is 44.4 Å². The summed E-state index contributed by atoms with van der Waals surface area (Å²) in [5.41, 5.74) is 7.40. The maximum Gasteiger partial charge on any atom is 0.292 e. The van der Waals surface area contributed by atoms with Gasteiger partial charge in [-0.3, -0.25) is 10.1 Å². The van der Waals surface area contributed by atoms with Gasteiger partial charge >= 0.3 is 0 Å². The zero-order chi connectivity index (χ0) is 13.1. The summed E-state index contributed by atoms with van der Waals surface area (Å²) in [5, 5.41) is 16.7. The van der Waals surface area contributed by atoms with Crippen LogP contribution in [0.25, 0.3) is 0 Å². The van der Waals surface area contributed by atoms with Crippen LogP contribution in [0.15, 0.2) is 23.6 Å². The number of rotatable bonds is 4. The van der Waals surface area contributed by atoms with Crippen molar-refractivity contribution in [2.75, 3.05) is 11.1 Å². The normalized spacial score (nSPS) is 10.3. The van der Waals surface area contributed by atoms with Crippen LogP contribution in [-0.2, 0) is 6.54 Å². The van der Waals surface area contributed by atoms with Gasteiger partial charge in [-0.2, -0.15) is 0 Å². The van der Waals surface area contributed by atoms with Crippen LogP contribution in [0.1, 0.15) is 10.7 Å². The van der Waals surface area contributed by atoms with Crippen LogP contribution in [0.5, 0.6) is 0 Å². The fourth-order valence-electron chi connectivity index (χ4n) is 1.49. The number of nitro groups is 1. The maximum absolute atomic E-state index is 10.6. The van der Waals surface area contributed by atoms with Gasteiger partial charge in [0, 0.05) is 22.8 Å². The Labute approximate surface area is 108 Å². The zero-order valence-corrected chi connectivity index (χ0v) is 10.5. The number of benzene rings is 1. The van der Waals surface area contributed by atoms with Crippen molar-refractivity contribution in [2.24, 2.45) is 0 Å². The molecule has 0 spiro atoms. The largest absolute Gasteiger partial charge is 0.393 e. The Bertz CT molecular complexity index is 582. The summed E-state index contributed by atoms with van der Waals surface area (Å²) < 4.78 is 0. The summed E-state index contributed by atoms with van der Waals surface area (Å²) >= 11 is 1.57. The predicted molar refractivity (Wildman–Crippen MR) is 71.7 cm³/mol. The lowest BCUT2D eigenvalue weighted by atomic mass is 10.2. The maximum atomic E-state index is 10.6. The van der Waals surface area contributed by atoms with E-state index in [1.165, 1.54) is 6.07 Å². The molecular weight excluding hydrogens is 252 g/mol. The van der Waals surface area contributed by atoms with E-state index in [1.54, 1.807) is 23.5 Å². The van der Waals surface area contributed by atoms with Gasteiger partial charge in [0.25, 0.3) is 5.69 Å². The molecule has 7 heteroatoms. The number of nitrogens with two attached hydrogens (primary N) is 1. The standard InChI is InChI=1S/C11H12N4O2S/c1-7-6-18-11(14-7)5-13-8-2-3-10(15(16)17)9(12)4-8/h2-4,6,13H,5,12H2,1H3. The van der Waals surface area contributed by atoms with E-state index in [0.29, 0.717) is 6.54 Å². The van der Waals surface area contributed by atoms with Crippen molar-refractivity contribution in [3.63, 3.8) is 0 Å². The summed E-state index contributed by atoms with van der Waals surface area (Å²) in [6, 6.07) is 4.58. The molecule has 2 aromatic rings. The number of hydrogen-bond donors (Lipinski definition) is 2. The Hall–Kier alpha value is -2.15. The first kappa shape index (κ1) is 12.3. The molecule has 0 saturated carbocycles. The van der Waals surface area contributed by atoms with E-state index < -0.39 is 4.92 Å². The Balaban J connectivity index is 2.06. The minimum atomic E-state index is -0.497. The molecule has 0 unspecified atom stereocenters. The Kier molecular flexibility index (Phi) is 3.42. The second-order valence-electron chi connectivity index (χ2n) is 3.77. The number of aromatic nitrogens is 1. The molecule has 0 atom stereocenters. The molecule has 0 aliphatic carbocycles. The van der Waals surface area contributed by atoms with Gasteiger partial charge < -0.3 is 11.1 Å². The third kappa shape index (κ3) is 2.75. The van der Waals surface area contributed by atoms with Crippen molar-refractivity contribution in [1.82, 2.24) is 4.98 Å². The second-order valence-corrected chi connectivity index (χ2v) is 4.71. The molecular formula is C11H12N4O2S. The van der Waals surface area contributed by atoms with E-state index in [9.17, 15) is 10.1 Å². The number of nitrogens with zero attached hydrogens (tertiary/aromatic N) is 2. The molecule has 0 fully saturated rings. The first-order valence-electron chi connectivity index (χ1n) is 5.25. The molecule has 1 aromatic heterocycles. The molecule has 0 saturated heterocycles. The summed E-state index contributed by atoms with van der Waals surface area (Å²) in [6.45, 7) is 2.51. The molecule has 18 heavy (non-hydrogen) atoms. The van der Waals surface area contributed by atoms with E-state index in [4.69, 9.17) is 5.73 Å². The van der Waals surface area contributed by atoms with Crippen molar-refractivity contribution < 1.29 is 4.92 Å². The molecule has 0 radical (unpaired) electrons. The van der Waals surface area contributed by atoms with Crippen LogP contribution < -0.4 is 11.1 Å². The molecule has 6 nitrogen and oxygen atoms in total. The van der Waals surface area contributed by atoms with Crippen LogP contribution in [0.3, 0.4) is 0 Å². The van der Waals surface area contributed by atoms with E-state index in [0.717, 1.165) is 16.4 Å². The number of nitro benzene ring substituents is 1. The molecule has 94 valence electrons. The fourth-order valence-corrected chi connectivity index (χ4v) is 2.20. The summed E-state index contributed by atoms with van der Waals surface area (Å²) in [7, 11) is 0. The van der Waals surface area contributed by atoms with Crippen LogP contribution >= 0.6 is 11.3 Å². The first-order valence-corrected chi connectivity index (χ1v) is 6.13. The van der Waals surface area contributed by atoms with Gasteiger partial charge in [-0.25, -0.2) is 4.98 Å². The van der Waals surface area contributed by atoms with Gasteiger partial charge in [0.05, 0.1) is 11.5 Å².